The van der Waals surface area contributed by atoms with Gasteiger partial charge < -0.3 is 4.98 Å². The van der Waals surface area contributed by atoms with Crippen LogP contribution in [0.25, 0.3) is 10.9 Å². The highest BCUT2D eigenvalue weighted by Crippen LogP contribution is 2.24. The van der Waals surface area contributed by atoms with Gasteiger partial charge in [-0.1, -0.05) is 11.6 Å². The molecule has 1 N–H and O–H groups in total. The van der Waals surface area contributed by atoms with Gasteiger partial charge >= 0.3 is 0 Å². The van der Waals surface area contributed by atoms with E-state index in [4.69, 9.17) is 11.6 Å². The smallest absolute Gasteiger partial charge is 0.152 e. The lowest BCUT2D eigenvalue weighted by Gasteiger charge is -1.94. The van der Waals surface area contributed by atoms with Gasteiger partial charge in [-0.3, -0.25) is 4.79 Å². The predicted molar refractivity (Wildman–Crippen MR) is 48.7 cm³/mol. The van der Waals surface area contributed by atoms with Crippen LogP contribution in [0.5, 0.6) is 0 Å². The number of aldehydes is 1. The Morgan fingerprint density at radius 2 is 2.23 bits per heavy atom. The van der Waals surface area contributed by atoms with E-state index in [0.29, 0.717) is 27.8 Å². The summed E-state index contributed by atoms with van der Waals surface area (Å²) in [5.41, 5.74) is 0.844. The molecule has 0 fully saturated rings. The van der Waals surface area contributed by atoms with Gasteiger partial charge in [-0.15, -0.1) is 0 Å². The van der Waals surface area contributed by atoms with E-state index >= 15 is 0 Å². The average Bonchev–Trinajstić information content (AvgIpc) is 2.47. The third-order valence-electron chi connectivity index (χ3n) is 1.85. The Morgan fingerprint density at radius 3 is 2.92 bits per heavy atom. The van der Waals surface area contributed by atoms with Crippen molar-refractivity contribution in [3.05, 3.63) is 34.7 Å². The molecule has 2 rings (SSSR count). The van der Waals surface area contributed by atoms with Crippen molar-refractivity contribution in [3.8, 4) is 0 Å². The molecule has 13 heavy (non-hydrogen) atoms. The fraction of sp³-hybridized carbons (Fsp3) is 0. The lowest BCUT2D eigenvalue weighted by Crippen LogP contribution is -1.81. The van der Waals surface area contributed by atoms with Crippen LogP contribution in [0.15, 0.2) is 18.3 Å². The van der Waals surface area contributed by atoms with E-state index in [1.165, 1.54) is 12.3 Å². The number of rotatable bonds is 1. The molecule has 1 heterocycles. The van der Waals surface area contributed by atoms with E-state index in [1.54, 1.807) is 6.07 Å². The van der Waals surface area contributed by atoms with Crippen molar-refractivity contribution in [2.45, 2.75) is 0 Å². The lowest BCUT2D eigenvalue weighted by molar-refractivity contribution is 0.112. The summed E-state index contributed by atoms with van der Waals surface area (Å²) in [6.45, 7) is 0. The summed E-state index contributed by atoms with van der Waals surface area (Å²) < 4.78 is 13.3. The topological polar surface area (TPSA) is 32.9 Å². The van der Waals surface area contributed by atoms with Crippen LogP contribution in [0, 0.1) is 5.82 Å². The monoisotopic (exact) mass is 197 g/mol. The fourth-order valence-corrected chi connectivity index (χ4v) is 1.51. The Hall–Kier alpha value is -1.35. The maximum absolute atomic E-state index is 13.3. The van der Waals surface area contributed by atoms with Gasteiger partial charge in [0.25, 0.3) is 0 Å². The summed E-state index contributed by atoms with van der Waals surface area (Å²) in [5, 5.41) is 0.601. The Kier molecular flexibility index (Phi) is 1.81. The first-order valence-corrected chi connectivity index (χ1v) is 4.01. The fourth-order valence-electron chi connectivity index (χ4n) is 1.30. The van der Waals surface area contributed by atoms with Crippen molar-refractivity contribution >= 4 is 28.8 Å². The highest BCUT2D eigenvalue weighted by molar-refractivity contribution is 6.31. The molecule has 2 aromatic rings. The second kappa shape index (κ2) is 2.85. The second-order valence-electron chi connectivity index (χ2n) is 2.67. The molecule has 0 unspecified atom stereocenters. The van der Waals surface area contributed by atoms with Crippen molar-refractivity contribution in [2.75, 3.05) is 0 Å². The number of benzene rings is 1. The van der Waals surface area contributed by atoms with Crippen molar-refractivity contribution in [2.24, 2.45) is 0 Å². The van der Waals surface area contributed by atoms with Crippen LogP contribution < -0.4 is 0 Å². The Labute approximate surface area is 78.3 Å². The number of fused-ring (bicyclic) bond motifs is 1. The maximum atomic E-state index is 13.3. The quantitative estimate of drug-likeness (QED) is 0.701. The zero-order valence-corrected chi connectivity index (χ0v) is 7.23. The number of nitrogens with one attached hydrogen (secondary N) is 1. The molecule has 0 spiro atoms. The minimum atomic E-state index is -0.481. The third kappa shape index (κ3) is 1.21. The van der Waals surface area contributed by atoms with Crippen LogP contribution in [0.1, 0.15) is 10.4 Å². The molecule has 0 atom stereocenters. The molecule has 0 radical (unpaired) electrons. The number of halogens is 2. The van der Waals surface area contributed by atoms with Crippen LogP contribution >= 0.6 is 11.6 Å². The first-order chi connectivity index (χ1) is 6.22. The van der Waals surface area contributed by atoms with Gasteiger partial charge in [0.05, 0.1) is 5.52 Å². The van der Waals surface area contributed by atoms with Crippen molar-refractivity contribution in [1.82, 2.24) is 4.98 Å². The number of H-pyrrole nitrogens is 1. The lowest BCUT2D eigenvalue weighted by atomic mass is 10.2. The average molecular weight is 198 g/mol. The van der Waals surface area contributed by atoms with Gasteiger partial charge in [0.15, 0.2) is 6.29 Å². The van der Waals surface area contributed by atoms with Crippen molar-refractivity contribution in [1.29, 1.82) is 0 Å². The third-order valence-corrected chi connectivity index (χ3v) is 2.07. The van der Waals surface area contributed by atoms with E-state index in [2.05, 4.69) is 4.98 Å². The molecular weight excluding hydrogens is 193 g/mol. The van der Waals surface area contributed by atoms with Gasteiger partial charge in [-0.25, -0.2) is 4.39 Å². The Morgan fingerprint density at radius 1 is 1.46 bits per heavy atom. The van der Waals surface area contributed by atoms with E-state index in [-0.39, 0.29) is 0 Å². The standard InChI is InChI=1S/C9H5ClFNO/c10-6-1-7(11)9-5(4-13)3-12-8(9)2-6/h1-4,12H. The molecule has 0 saturated heterocycles. The molecular formula is C9H5ClFNO. The normalized spacial score (nSPS) is 10.6. The maximum Gasteiger partial charge on any atom is 0.152 e. The molecule has 0 saturated carbocycles. The van der Waals surface area contributed by atoms with Crippen LogP contribution in [-0.4, -0.2) is 11.3 Å². The first-order valence-electron chi connectivity index (χ1n) is 3.63. The SMILES string of the molecule is O=Cc1c[nH]c2cc(Cl)cc(F)c12. The number of hydrogen-bond acceptors (Lipinski definition) is 1. The zero-order chi connectivity index (χ0) is 9.42. The predicted octanol–water partition coefficient (Wildman–Crippen LogP) is 2.77. The van der Waals surface area contributed by atoms with Gasteiger partial charge in [0.1, 0.15) is 5.82 Å². The van der Waals surface area contributed by atoms with Crippen LogP contribution in [0.4, 0.5) is 4.39 Å². The molecule has 1 aromatic carbocycles. The number of hydrogen-bond donors (Lipinski definition) is 1. The second-order valence-corrected chi connectivity index (χ2v) is 3.11. The highest BCUT2D eigenvalue weighted by atomic mass is 35.5. The molecule has 4 heteroatoms. The van der Waals surface area contributed by atoms with Crippen LogP contribution in [-0.2, 0) is 0 Å². The van der Waals surface area contributed by atoms with Gasteiger partial charge in [0, 0.05) is 22.2 Å². The molecule has 0 bridgehead atoms. The largest absolute Gasteiger partial charge is 0.360 e. The van der Waals surface area contributed by atoms with Gasteiger partial charge in [0.2, 0.25) is 0 Å². The van der Waals surface area contributed by atoms with Crippen molar-refractivity contribution in [3.63, 3.8) is 0 Å². The molecule has 2 nitrogen and oxygen atoms in total. The summed E-state index contributed by atoms with van der Waals surface area (Å²) in [6, 6.07) is 2.76. The van der Waals surface area contributed by atoms with E-state index in [1.807, 2.05) is 0 Å². The summed E-state index contributed by atoms with van der Waals surface area (Å²) >= 11 is 5.63. The number of aromatic amines is 1. The molecule has 0 aliphatic rings. The summed E-state index contributed by atoms with van der Waals surface area (Å²) in [5.74, 6) is -0.481. The Bertz CT molecular complexity index is 478. The van der Waals surface area contributed by atoms with E-state index in [0.717, 1.165) is 0 Å². The molecule has 0 aliphatic carbocycles. The summed E-state index contributed by atoms with van der Waals surface area (Å²) in [4.78, 5) is 13.3. The van der Waals surface area contributed by atoms with Crippen LogP contribution in [0.3, 0.4) is 0 Å². The highest BCUT2D eigenvalue weighted by Gasteiger charge is 2.08. The Balaban J connectivity index is 2.89. The van der Waals surface area contributed by atoms with E-state index < -0.39 is 5.82 Å². The minimum absolute atomic E-state index is 0.291. The summed E-state index contributed by atoms with van der Waals surface area (Å²) in [7, 11) is 0. The molecule has 1 aromatic heterocycles. The minimum Gasteiger partial charge on any atom is -0.360 e. The molecule has 0 amide bonds. The van der Waals surface area contributed by atoms with Crippen LogP contribution in [0.2, 0.25) is 5.02 Å². The zero-order valence-electron chi connectivity index (χ0n) is 6.47. The molecule has 66 valence electrons. The number of aromatic nitrogens is 1. The first kappa shape index (κ1) is 8.26. The number of carbonyl (C=O) groups is 1. The summed E-state index contributed by atoms with van der Waals surface area (Å²) in [6.07, 6.45) is 2.06. The molecule has 0 aliphatic heterocycles. The van der Waals surface area contributed by atoms with E-state index in [9.17, 15) is 9.18 Å². The van der Waals surface area contributed by atoms with Gasteiger partial charge in [-0.2, -0.15) is 0 Å². The number of carbonyl (C=O) groups excluding carboxylic acids is 1. The van der Waals surface area contributed by atoms with Crippen molar-refractivity contribution < 1.29 is 9.18 Å². The van der Waals surface area contributed by atoms with Gasteiger partial charge in [-0.05, 0) is 12.1 Å².